The van der Waals surface area contributed by atoms with Crippen molar-refractivity contribution in [3.63, 3.8) is 0 Å². The highest BCUT2D eigenvalue weighted by molar-refractivity contribution is 7.99. The van der Waals surface area contributed by atoms with Crippen LogP contribution in [-0.4, -0.2) is 42.3 Å². The summed E-state index contributed by atoms with van der Waals surface area (Å²) >= 11 is 1.86. The molecule has 0 bridgehead atoms. The number of hydrogen-bond donors (Lipinski definition) is 0. The maximum Gasteiger partial charge on any atom is 0.120 e. The zero-order valence-corrected chi connectivity index (χ0v) is 8.90. The van der Waals surface area contributed by atoms with E-state index in [2.05, 4.69) is 18.7 Å². The van der Waals surface area contributed by atoms with Crippen LogP contribution >= 0.6 is 11.8 Å². The Balaban J connectivity index is 3.11. The lowest BCUT2D eigenvalue weighted by Crippen LogP contribution is -2.25. The summed E-state index contributed by atoms with van der Waals surface area (Å²) in [6, 6.07) is 0. The van der Waals surface area contributed by atoms with E-state index in [0.717, 1.165) is 37.4 Å². The third-order valence-electron chi connectivity index (χ3n) is 1.83. The molecule has 0 aromatic carbocycles. The Morgan fingerprint density at radius 2 is 1.92 bits per heavy atom. The van der Waals surface area contributed by atoms with E-state index in [0.29, 0.717) is 6.42 Å². The number of rotatable bonds is 8. The monoisotopic (exact) mass is 189 g/mol. The van der Waals surface area contributed by atoms with Crippen LogP contribution in [0.1, 0.15) is 20.3 Å². The van der Waals surface area contributed by atoms with Crippen molar-refractivity contribution in [3.05, 3.63) is 0 Å². The van der Waals surface area contributed by atoms with Gasteiger partial charge in [-0.2, -0.15) is 11.8 Å². The lowest BCUT2D eigenvalue weighted by molar-refractivity contribution is -0.107. The molecule has 72 valence electrons. The van der Waals surface area contributed by atoms with Crippen LogP contribution in [-0.2, 0) is 4.79 Å². The van der Waals surface area contributed by atoms with Crippen molar-refractivity contribution in [2.24, 2.45) is 0 Å². The number of hydrogen-bond acceptors (Lipinski definition) is 3. The van der Waals surface area contributed by atoms with Gasteiger partial charge in [0.1, 0.15) is 6.29 Å². The molecule has 2 nitrogen and oxygen atoms in total. The van der Waals surface area contributed by atoms with Gasteiger partial charge in [-0.05, 0) is 18.8 Å². The maximum atomic E-state index is 9.99. The molecule has 0 aromatic heterocycles. The molecule has 0 unspecified atom stereocenters. The zero-order chi connectivity index (χ0) is 9.23. The Labute approximate surface area is 79.7 Å². The summed E-state index contributed by atoms with van der Waals surface area (Å²) < 4.78 is 0. The standard InChI is InChI=1S/C9H19NOS/c1-3-10(4-2)6-9-12-8-5-7-11/h7H,3-6,8-9H2,1-2H3. The van der Waals surface area contributed by atoms with E-state index in [4.69, 9.17) is 0 Å². The normalized spacial score (nSPS) is 10.6. The van der Waals surface area contributed by atoms with E-state index >= 15 is 0 Å². The van der Waals surface area contributed by atoms with Gasteiger partial charge in [-0.3, -0.25) is 0 Å². The smallest absolute Gasteiger partial charge is 0.120 e. The molecule has 0 atom stereocenters. The van der Waals surface area contributed by atoms with Crippen LogP contribution in [0, 0.1) is 0 Å². The first-order chi connectivity index (χ1) is 5.85. The average Bonchev–Trinajstić information content (AvgIpc) is 2.11. The molecule has 0 saturated heterocycles. The molecule has 0 fully saturated rings. The van der Waals surface area contributed by atoms with E-state index in [1.807, 2.05) is 11.8 Å². The minimum atomic E-state index is 0.697. The van der Waals surface area contributed by atoms with Gasteiger partial charge in [-0.15, -0.1) is 0 Å². The maximum absolute atomic E-state index is 9.99. The lowest BCUT2D eigenvalue weighted by Gasteiger charge is -2.16. The Morgan fingerprint density at radius 1 is 1.25 bits per heavy atom. The second-order valence-corrected chi connectivity index (χ2v) is 3.82. The third kappa shape index (κ3) is 6.68. The molecule has 0 aliphatic rings. The van der Waals surface area contributed by atoms with Crippen molar-refractivity contribution < 1.29 is 4.79 Å². The van der Waals surface area contributed by atoms with Crippen LogP contribution in [0.5, 0.6) is 0 Å². The van der Waals surface area contributed by atoms with Gasteiger partial charge in [0.05, 0.1) is 0 Å². The lowest BCUT2D eigenvalue weighted by atomic mass is 10.5. The van der Waals surface area contributed by atoms with Gasteiger partial charge in [0.15, 0.2) is 0 Å². The molecule has 3 heteroatoms. The van der Waals surface area contributed by atoms with Gasteiger partial charge in [0, 0.05) is 18.7 Å². The topological polar surface area (TPSA) is 20.3 Å². The first-order valence-electron chi connectivity index (χ1n) is 4.58. The first kappa shape index (κ1) is 12.0. The van der Waals surface area contributed by atoms with Crippen molar-refractivity contribution >= 4 is 18.0 Å². The molecule has 0 spiro atoms. The van der Waals surface area contributed by atoms with Crippen molar-refractivity contribution in [3.8, 4) is 0 Å². The quantitative estimate of drug-likeness (QED) is 0.428. The van der Waals surface area contributed by atoms with Crippen LogP contribution < -0.4 is 0 Å². The average molecular weight is 189 g/mol. The van der Waals surface area contributed by atoms with Crippen molar-refractivity contribution in [1.29, 1.82) is 0 Å². The fourth-order valence-corrected chi connectivity index (χ4v) is 1.82. The summed E-state index contributed by atoms with van der Waals surface area (Å²) in [6.45, 7) is 7.77. The van der Waals surface area contributed by atoms with E-state index in [9.17, 15) is 4.79 Å². The summed E-state index contributed by atoms with van der Waals surface area (Å²) in [5, 5.41) is 0. The summed E-state index contributed by atoms with van der Waals surface area (Å²) in [5.41, 5.74) is 0. The van der Waals surface area contributed by atoms with Crippen molar-refractivity contribution in [1.82, 2.24) is 4.90 Å². The Hall–Kier alpha value is -0.0200. The number of nitrogens with zero attached hydrogens (tertiary/aromatic N) is 1. The largest absolute Gasteiger partial charge is 0.303 e. The van der Waals surface area contributed by atoms with Gasteiger partial charge in [-0.1, -0.05) is 13.8 Å². The van der Waals surface area contributed by atoms with Crippen LogP contribution in [0.3, 0.4) is 0 Å². The van der Waals surface area contributed by atoms with E-state index in [1.165, 1.54) is 0 Å². The molecular weight excluding hydrogens is 170 g/mol. The number of aldehydes is 1. The van der Waals surface area contributed by atoms with Crippen molar-refractivity contribution in [2.45, 2.75) is 20.3 Å². The fourth-order valence-electron chi connectivity index (χ4n) is 0.967. The Kier molecular flexibility index (Phi) is 9.06. The van der Waals surface area contributed by atoms with E-state index in [1.54, 1.807) is 0 Å². The predicted octanol–water partition coefficient (Wildman–Crippen LogP) is 1.65. The van der Waals surface area contributed by atoms with E-state index < -0.39 is 0 Å². The van der Waals surface area contributed by atoms with Crippen molar-refractivity contribution in [2.75, 3.05) is 31.1 Å². The molecule has 0 amide bonds. The minimum Gasteiger partial charge on any atom is -0.303 e. The second-order valence-electron chi connectivity index (χ2n) is 2.59. The summed E-state index contributed by atoms with van der Waals surface area (Å²) in [7, 11) is 0. The van der Waals surface area contributed by atoms with Gasteiger partial charge in [-0.25, -0.2) is 0 Å². The number of thioether (sulfide) groups is 1. The number of carbonyl (C=O) groups is 1. The number of carbonyl (C=O) groups excluding carboxylic acids is 1. The first-order valence-corrected chi connectivity index (χ1v) is 5.74. The van der Waals surface area contributed by atoms with E-state index in [-0.39, 0.29) is 0 Å². The summed E-state index contributed by atoms with van der Waals surface area (Å²) in [5.74, 6) is 2.13. The van der Waals surface area contributed by atoms with Gasteiger partial charge in [0.25, 0.3) is 0 Å². The molecule has 0 aliphatic heterocycles. The van der Waals surface area contributed by atoms with Gasteiger partial charge < -0.3 is 9.69 Å². The third-order valence-corrected chi connectivity index (χ3v) is 2.82. The van der Waals surface area contributed by atoms with Gasteiger partial charge in [0.2, 0.25) is 0 Å². The van der Waals surface area contributed by atoms with Crippen LogP contribution in [0.2, 0.25) is 0 Å². The SMILES string of the molecule is CCN(CC)CCSCCC=O. The predicted molar refractivity (Wildman–Crippen MR) is 55.8 cm³/mol. The van der Waals surface area contributed by atoms with Gasteiger partial charge >= 0.3 is 0 Å². The zero-order valence-electron chi connectivity index (χ0n) is 8.08. The molecule has 0 radical (unpaired) electrons. The molecule has 0 aromatic rings. The highest BCUT2D eigenvalue weighted by Crippen LogP contribution is 2.01. The molecule has 0 saturated carbocycles. The fraction of sp³-hybridized carbons (Fsp3) is 0.889. The van der Waals surface area contributed by atoms with Crippen LogP contribution in [0.25, 0.3) is 0 Å². The molecule has 0 rings (SSSR count). The molecule has 0 heterocycles. The second kappa shape index (κ2) is 9.07. The summed E-state index contributed by atoms with van der Waals surface area (Å²) in [4.78, 5) is 12.4. The van der Waals surface area contributed by atoms with Crippen LogP contribution in [0.15, 0.2) is 0 Å². The molecule has 0 aliphatic carbocycles. The molecule has 0 N–H and O–H groups in total. The Bertz CT molecular complexity index is 105. The highest BCUT2D eigenvalue weighted by Gasteiger charge is 1.97. The summed E-state index contributed by atoms with van der Waals surface area (Å²) in [6.07, 6.45) is 1.69. The Morgan fingerprint density at radius 3 is 2.42 bits per heavy atom. The minimum absolute atomic E-state index is 0.697. The highest BCUT2D eigenvalue weighted by atomic mass is 32.2. The molecular formula is C9H19NOS. The van der Waals surface area contributed by atoms with Crippen LogP contribution in [0.4, 0.5) is 0 Å². The molecule has 12 heavy (non-hydrogen) atoms.